The van der Waals surface area contributed by atoms with Gasteiger partial charge in [-0.2, -0.15) is 0 Å². The summed E-state index contributed by atoms with van der Waals surface area (Å²) in [4.78, 5) is 31.0. The number of nitrogens with zero attached hydrogens (tertiary/aromatic N) is 3. The summed E-state index contributed by atoms with van der Waals surface area (Å²) in [6, 6.07) is 8.63. The van der Waals surface area contributed by atoms with E-state index in [4.69, 9.17) is 4.74 Å². The van der Waals surface area contributed by atoms with Crippen LogP contribution in [0, 0.1) is 11.8 Å². The molecule has 1 aromatic rings. The van der Waals surface area contributed by atoms with E-state index >= 15 is 0 Å². The first-order chi connectivity index (χ1) is 13.1. The zero-order chi connectivity index (χ0) is 19.0. The number of fused-ring (bicyclic) bond motifs is 1. The molecule has 0 aliphatic carbocycles. The number of carbonyl (C=O) groups is 2. The van der Waals surface area contributed by atoms with E-state index in [0.717, 1.165) is 44.8 Å². The number of piperidine rings is 1. The monoisotopic (exact) mass is 407 g/mol. The Bertz CT molecular complexity index is 711. The summed E-state index contributed by atoms with van der Waals surface area (Å²) in [5.74, 6) is 2.05. The molecular formula is C21H30ClN3O3. The van der Waals surface area contributed by atoms with Crippen LogP contribution in [0.2, 0.25) is 0 Å². The summed E-state index contributed by atoms with van der Waals surface area (Å²) in [5.41, 5.74) is 1.28. The quantitative estimate of drug-likeness (QED) is 0.767. The fraction of sp³-hybridized carbons (Fsp3) is 0.619. The second kappa shape index (κ2) is 8.70. The smallest absolute Gasteiger partial charge is 0.242 e. The Morgan fingerprint density at radius 1 is 1.14 bits per heavy atom. The molecular weight excluding hydrogens is 378 g/mol. The molecule has 3 heterocycles. The third-order valence-electron chi connectivity index (χ3n) is 6.45. The van der Waals surface area contributed by atoms with Gasteiger partial charge in [0.2, 0.25) is 11.8 Å². The van der Waals surface area contributed by atoms with Gasteiger partial charge in [0.05, 0.1) is 13.7 Å². The normalized spacial score (nSPS) is 27.5. The average Bonchev–Trinajstić information content (AvgIpc) is 3.20. The van der Waals surface area contributed by atoms with Gasteiger partial charge < -0.3 is 14.5 Å². The number of likely N-dealkylation sites (tertiary alicyclic amines) is 3. The standard InChI is InChI=1S/C21H29N3O3.ClH/c1-22-11-16-12-24(20(26)14-23-10-4-3-5-19(23)25)13-18(16)21(22)15-6-8-17(27-2)9-7-15;/h6-9,16,18,21H,3-5,10-14H2,1-2H3;1H/t16-,18+,21+;/m0./s1. The van der Waals surface area contributed by atoms with Crippen LogP contribution < -0.4 is 4.74 Å². The van der Waals surface area contributed by atoms with Crippen LogP contribution in [0.25, 0.3) is 0 Å². The van der Waals surface area contributed by atoms with Gasteiger partial charge in [-0.25, -0.2) is 0 Å². The molecule has 3 aliphatic rings. The van der Waals surface area contributed by atoms with Crippen LogP contribution in [0.1, 0.15) is 30.9 Å². The Morgan fingerprint density at radius 3 is 2.57 bits per heavy atom. The maximum atomic E-state index is 12.8. The van der Waals surface area contributed by atoms with Crippen molar-refractivity contribution >= 4 is 24.2 Å². The third-order valence-corrected chi connectivity index (χ3v) is 6.45. The average molecular weight is 408 g/mol. The topological polar surface area (TPSA) is 53.1 Å². The van der Waals surface area contributed by atoms with E-state index in [2.05, 4.69) is 24.1 Å². The summed E-state index contributed by atoms with van der Waals surface area (Å²) in [6.07, 6.45) is 2.55. The molecule has 0 spiro atoms. The fourth-order valence-electron chi connectivity index (χ4n) is 5.06. The number of amides is 2. The Hall–Kier alpha value is -1.79. The first-order valence-corrected chi connectivity index (χ1v) is 9.96. The molecule has 4 rings (SSSR count). The molecule has 3 aliphatic heterocycles. The molecule has 28 heavy (non-hydrogen) atoms. The van der Waals surface area contributed by atoms with Crippen molar-refractivity contribution in [1.82, 2.24) is 14.7 Å². The van der Waals surface area contributed by atoms with E-state index in [-0.39, 0.29) is 30.8 Å². The van der Waals surface area contributed by atoms with Crippen molar-refractivity contribution in [3.05, 3.63) is 29.8 Å². The van der Waals surface area contributed by atoms with Crippen molar-refractivity contribution < 1.29 is 14.3 Å². The molecule has 0 bridgehead atoms. The number of carbonyl (C=O) groups excluding carboxylic acids is 2. The first kappa shape index (κ1) is 20.9. The largest absolute Gasteiger partial charge is 0.497 e. The molecule has 0 aromatic heterocycles. The van der Waals surface area contributed by atoms with Gasteiger partial charge in [-0.3, -0.25) is 14.5 Å². The second-order valence-electron chi connectivity index (χ2n) is 8.15. The number of hydrogen-bond donors (Lipinski definition) is 0. The minimum atomic E-state index is 0. The van der Waals surface area contributed by atoms with Crippen molar-refractivity contribution in [2.75, 3.05) is 46.9 Å². The van der Waals surface area contributed by atoms with E-state index < -0.39 is 0 Å². The summed E-state index contributed by atoms with van der Waals surface area (Å²) in [6.45, 7) is 3.58. The fourth-order valence-corrected chi connectivity index (χ4v) is 5.06. The van der Waals surface area contributed by atoms with E-state index in [1.165, 1.54) is 5.56 Å². The molecule has 3 fully saturated rings. The lowest BCUT2D eigenvalue weighted by molar-refractivity contribution is -0.141. The predicted octanol–water partition coefficient (Wildman–Crippen LogP) is 2.19. The lowest BCUT2D eigenvalue weighted by Gasteiger charge is -2.30. The number of ether oxygens (including phenoxy) is 1. The van der Waals surface area contributed by atoms with E-state index in [1.54, 1.807) is 12.0 Å². The maximum Gasteiger partial charge on any atom is 0.242 e. The molecule has 154 valence electrons. The SMILES string of the molecule is COc1ccc([C@@H]2[C@@H]3CN(C(=O)CN4CCCCC4=O)C[C@@H]3CN2C)cc1.Cl. The molecule has 3 atom stereocenters. The van der Waals surface area contributed by atoms with Gasteiger partial charge in [-0.05, 0) is 43.5 Å². The van der Waals surface area contributed by atoms with Crippen molar-refractivity contribution in [1.29, 1.82) is 0 Å². The second-order valence-corrected chi connectivity index (χ2v) is 8.15. The third kappa shape index (κ3) is 3.98. The van der Waals surface area contributed by atoms with Crippen LogP contribution >= 0.6 is 12.4 Å². The molecule has 0 N–H and O–H groups in total. The van der Waals surface area contributed by atoms with Gasteiger partial charge in [0.15, 0.2) is 0 Å². The Labute approximate surface area is 173 Å². The highest BCUT2D eigenvalue weighted by atomic mass is 35.5. The van der Waals surface area contributed by atoms with Gasteiger partial charge in [0.1, 0.15) is 5.75 Å². The Morgan fingerprint density at radius 2 is 1.89 bits per heavy atom. The van der Waals surface area contributed by atoms with Gasteiger partial charge in [-0.1, -0.05) is 12.1 Å². The van der Waals surface area contributed by atoms with Gasteiger partial charge in [0.25, 0.3) is 0 Å². The van der Waals surface area contributed by atoms with Crippen LogP contribution in [-0.4, -0.2) is 73.4 Å². The number of benzene rings is 1. The van der Waals surface area contributed by atoms with Gasteiger partial charge >= 0.3 is 0 Å². The van der Waals surface area contributed by atoms with E-state index in [9.17, 15) is 9.59 Å². The maximum absolute atomic E-state index is 12.8. The predicted molar refractivity (Wildman–Crippen MR) is 110 cm³/mol. The highest BCUT2D eigenvalue weighted by Crippen LogP contribution is 2.44. The number of rotatable bonds is 4. The summed E-state index contributed by atoms with van der Waals surface area (Å²) >= 11 is 0. The highest BCUT2D eigenvalue weighted by molar-refractivity contribution is 5.85. The van der Waals surface area contributed by atoms with Crippen molar-refractivity contribution in [3.63, 3.8) is 0 Å². The molecule has 0 radical (unpaired) electrons. The molecule has 2 amide bonds. The molecule has 7 heteroatoms. The van der Waals surface area contributed by atoms with Crippen LogP contribution in [0.4, 0.5) is 0 Å². The number of halogens is 1. The van der Waals surface area contributed by atoms with Crippen molar-refractivity contribution in [2.24, 2.45) is 11.8 Å². The lowest BCUT2D eigenvalue weighted by Crippen LogP contribution is -2.44. The van der Waals surface area contributed by atoms with E-state index in [1.807, 2.05) is 17.0 Å². The van der Waals surface area contributed by atoms with Gasteiger partial charge in [-0.15, -0.1) is 12.4 Å². The first-order valence-electron chi connectivity index (χ1n) is 9.96. The Balaban J connectivity index is 0.00000225. The summed E-state index contributed by atoms with van der Waals surface area (Å²) in [7, 11) is 3.85. The van der Waals surface area contributed by atoms with Crippen LogP contribution in [-0.2, 0) is 9.59 Å². The minimum Gasteiger partial charge on any atom is -0.497 e. The molecule has 3 saturated heterocycles. The highest BCUT2D eigenvalue weighted by Gasteiger charge is 2.47. The lowest BCUT2D eigenvalue weighted by atomic mass is 9.89. The number of methoxy groups -OCH3 is 1. The van der Waals surface area contributed by atoms with Crippen molar-refractivity contribution in [2.45, 2.75) is 25.3 Å². The van der Waals surface area contributed by atoms with Crippen molar-refractivity contribution in [3.8, 4) is 5.75 Å². The van der Waals surface area contributed by atoms with E-state index in [0.29, 0.717) is 24.3 Å². The van der Waals surface area contributed by atoms with Crippen LogP contribution in [0.3, 0.4) is 0 Å². The summed E-state index contributed by atoms with van der Waals surface area (Å²) < 4.78 is 5.28. The van der Waals surface area contributed by atoms with Crippen LogP contribution in [0.5, 0.6) is 5.75 Å². The zero-order valence-electron chi connectivity index (χ0n) is 16.7. The molecule has 0 saturated carbocycles. The molecule has 6 nitrogen and oxygen atoms in total. The molecule has 1 aromatic carbocycles. The summed E-state index contributed by atoms with van der Waals surface area (Å²) in [5, 5.41) is 0. The number of hydrogen-bond acceptors (Lipinski definition) is 4. The molecule has 0 unspecified atom stereocenters. The minimum absolute atomic E-state index is 0. The van der Waals surface area contributed by atoms with Gasteiger partial charge in [0, 0.05) is 44.6 Å². The zero-order valence-corrected chi connectivity index (χ0v) is 17.5. The Kier molecular flexibility index (Phi) is 6.50. The van der Waals surface area contributed by atoms with Crippen LogP contribution in [0.15, 0.2) is 24.3 Å².